The molecule has 0 saturated carbocycles. The first kappa shape index (κ1) is 14.6. The number of rotatable bonds is 5. The summed E-state index contributed by atoms with van der Waals surface area (Å²) in [7, 11) is 0. The summed E-state index contributed by atoms with van der Waals surface area (Å²) < 4.78 is 10.6. The maximum atomic E-state index is 12.5. The lowest BCUT2D eigenvalue weighted by atomic mass is 10.2. The molecule has 3 aromatic heterocycles. The third-order valence-corrected chi connectivity index (χ3v) is 4.16. The summed E-state index contributed by atoms with van der Waals surface area (Å²) >= 11 is 1.59. The summed E-state index contributed by atoms with van der Waals surface area (Å²) in [5.74, 6) is 0.899. The van der Waals surface area contributed by atoms with Crippen molar-refractivity contribution in [2.24, 2.45) is 0 Å². The molecule has 0 atom stereocenters. The van der Waals surface area contributed by atoms with Crippen molar-refractivity contribution in [3.05, 3.63) is 53.4 Å². The van der Waals surface area contributed by atoms with E-state index in [0.717, 1.165) is 16.3 Å². The Morgan fingerprint density at radius 3 is 2.86 bits per heavy atom. The van der Waals surface area contributed by atoms with Crippen LogP contribution in [0.1, 0.15) is 30.1 Å². The van der Waals surface area contributed by atoms with Gasteiger partial charge in [0.1, 0.15) is 5.69 Å². The predicted molar refractivity (Wildman–Crippen MR) is 83.5 cm³/mol. The number of hydrogen-bond acceptors (Lipinski definition) is 5. The molecule has 0 N–H and O–H groups in total. The van der Waals surface area contributed by atoms with Crippen LogP contribution in [0.25, 0.3) is 10.6 Å². The van der Waals surface area contributed by atoms with Gasteiger partial charge in [0.15, 0.2) is 11.5 Å². The van der Waals surface area contributed by atoms with Gasteiger partial charge in [-0.3, -0.25) is 4.79 Å². The van der Waals surface area contributed by atoms with Crippen LogP contribution in [0.2, 0.25) is 0 Å². The summed E-state index contributed by atoms with van der Waals surface area (Å²) in [6, 6.07) is 9.21. The topological polar surface area (TPSA) is 59.5 Å². The Morgan fingerprint density at radius 1 is 1.36 bits per heavy atom. The average Bonchev–Trinajstić information content (AvgIpc) is 3.24. The van der Waals surface area contributed by atoms with Crippen molar-refractivity contribution in [3.63, 3.8) is 0 Å². The van der Waals surface area contributed by atoms with Crippen LogP contribution in [0.3, 0.4) is 0 Å². The molecule has 0 spiro atoms. The first-order valence-corrected chi connectivity index (χ1v) is 7.87. The molecule has 3 heterocycles. The lowest BCUT2D eigenvalue weighted by Gasteiger charge is -2.24. The monoisotopic (exact) mass is 316 g/mol. The van der Waals surface area contributed by atoms with E-state index in [2.05, 4.69) is 5.16 Å². The highest BCUT2D eigenvalue weighted by atomic mass is 32.1. The molecular formula is C16H16N2O3S. The van der Waals surface area contributed by atoms with Gasteiger partial charge in [0.05, 0.1) is 17.7 Å². The summed E-state index contributed by atoms with van der Waals surface area (Å²) in [6.07, 6.45) is 1.50. The minimum atomic E-state index is -0.152. The molecule has 0 radical (unpaired) electrons. The zero-order chi connectivity index (χ0) is 15.5. The molecule has 6 heteroatoms. The standard InChI is InChI=1S/C16H16N2O3S/c1-11(2)18(16(19)13-5-3-7-20-13)10-12-9-14(21-17-12)15-6-4-8-22-15/h3-9,11H,10H2,1-2H3. The number of carbonyl (C=O) groups is 1. The van der Waals surface area contributed by atoms with Crippen molar-refractivity contribution < 1.29 is 13.7 Å². The normalized spacial score (nSPS) is 11.0. The zero-order valence-electron chi connectivity index (χ0n) is 12.4. The van der Waals surface area contributed by atoms with Gasteiger partial charge in [0.2, 0.25) is 0 Å². The first-order valence-electron chi connectivity index (χ1n) is 6.99. The molecule has 0 aliphatic heterocycles. The fourth-order valence-electron chi connectivity index (χ4n) is 2.13. The Labute approximate surface area is 132 Å². The molecule has 0 aliphatic rings. The van der Waals surface area contributed by atoms with E-state index in [4.69, 9.17) is 8.94 Å². The highest BCUT2D eigenvalue weighted by Crippen LogP contribution is 2.26. The van der Waals surface area contributed by atoms with E-state index in [-0.39, 0.29) is 11.9 Å². The van der Waals surface area contributed by atoms with E-state index in [9.17, 15) is 4.79 Å². The fourth-order valence-corrected chi connectivity index (χ4v) is 2.80. The van der Waals surface area contributed by atoms with Gasteiger partial charge in [-0.05, 0) is 37.4 Å². The van der Waals surface area contributed by atoms with Gasteiger partial charge in [-0.25, -0.2) is 0 Å². The summed E-state index contributed by atoms with van der Waals surface area (Å²) in [5.41, 5.74) is 0.719. The Hall–Kier alpha value is -2.34. The van der Waals surface area contributed by atoms with E-state index in [0.29, 0.717) is 12.3 Å². The molecule has 114 valence electrons. The van der Waals surface area contributed by atoms with Crippen molar-refractivity contribution >= 4 is 17.2 Å². The number of aromatic nitrogens is 1. The van der Waals surface area contributed by atoms with Crippen LogP contribution >= 0.6 is 11.3 Å². The van der Waals surface area contributed by atoms with Gasteiger partial charge in [0.25, 0.3) is 5.91 Å². The van der Waals surface area contributed by atoms with Crippen molar-refractivity contribution in [2.75, 3.05) is 0 Å². The zero-order valence-corrected chi connectivity index (χ0v) is 13.2. The number of furan rings is 1. The lowest BCUT2D eigenvalue weighted by Crippen LogP contribution is -2.36. The van der Waals surface area contributed by atoms with Crippen molar-refractivity contribution in [1.82, 2.24) is 10.1 Å². The largest absolute Gasteiger partial charge is 0.459 e. The molecule has 22 heavy (non-hydrogen) atoms. The number of amides is 1. The average molecular weight is 316 g/mol. The quantitative estimate of drug-likeness (QED) is 0.712. The van der Waals surface area contributed by atoms with Gasteiger partial charge < -0.3 is 13.8 Å². The molecule has 3 aromatic rings. The van der Waals surface area contributed by atoms with E-state index in [1.807, 2.05) is 37.4 Å². The third kappa shape index (κ3) is 2.96. The van der Waals surface area contributed by atoms with Crippen molar-refractivity contribution in [1.29, 1.82) is 0 Å². The summed E-state index contributed by atoms with van der Waals surface area (Å²) in [4.78, 5) is 15.2. The van der Waals surface area contributed by atoms with Crippen LogP contribution in [-0.4, -0.2) is 22.0 Å². The molecular weight excluding hydrogens is 300 g/mol. The Balaban J connectivity index is 1.78. The van der Waals surface area contributed by atoms with Crippen LogP contribution in [0.4, 0.5) is 0 Å². The number of thiophene rings is 1. The maximum Gasteiger partial charge on any atom is 0.290 e. The number of carbonyl (C=O) groups excluding carboxylic acids is 1. The van der Waals surface area contributed by atoms with Crippen LogP contribution in [0.5, 0.6) is 0 Å². The molecule has 0 saturated heterocycles. The molecule has 0 bridgehead atoms. The van der Waals surface area contributed by atoms with E-state index in [1.54, 1.807) is 28.4 Å². The van der Waals surface area contributed by atoms with Crippen molar-refractivity contribution in [3.8, 4) is 10.6 Å². The highest BCUT2D eigenvalue weighted by Gasteiger charge is 2.22. The fraction of sp³-hybridized carbons (Fsp3) is 0.250. The lowest BCUT2D eigenvalue weighted by molar-refractivity contribution is 0.0653. The second-order valence-electron chi connectivity index (χ2n) is 5.16. The molecule has 3 rings (SSSR count). The van der Waals surface area contributed by atoms with Crippen LogP contribution in [0.15, 0.2) is 50.9 Å². The molecule has 0 unspecified atom stereocenters. The van der Waals surface area contributed by atoms with E-state index < -0.39 is 0 Å². The third-order valence-electron chi connectivity index (χ3n) is 3.27. The van der Waals surface area contributed by atoms with Crippen LogP contribution in [-0.2, 0) is 6.54 Å². The molecule has 0 fully saturated rings. The van der Waals surface area contributed by atoms with Crippen LogP contribution in [0, 0.1) is 0 Å². The van der Waals surface area contributed by atoms with Gasteiger partial charge in [0, 0.05) is 12.1 Å². The van der Waals surface area contributed by atoms with Gasteiger partial charge in [-0.2, -0.15) is 0 Å². The van der Waals surface area contributed by atoms with Gasteiger partial charge >= 0.3 is 0 Å². The minimum absolute atomic E-state index is 0.0273. The van der Waals surface area contributed by atoms with Gasteiger partial charge in [-0.1, -0.05) is 11.2 Å². The number of hydrogen-bond donors (Lipinski definition) is 0. The van der Waals surface area contributed by atoms with Gasteiger partial charge in [-0.15, -0.1) is 11.3 Å². The Bertz CT molecular complexity index is 729. The smallest absolute Gasteiger partial charge is 0.290 e. The van der Waals surface area contributed by atoms with E-state index in [1.165, 1.54) is 6.26 Å². The summed E-state index contributed by atoms with van der Waals surface area (Å²) in [6.45, 7) is 4.30. The second-order valence-corrected chi connectivity index (χ2v) is 6.11. The van der Waals surface area contributed by atoms with E-state index >= 15 is 0 Å². The first-order chi connectivity index (χ1) is 10.6. The Morgan fingerprint density at radius 2 is 2.23 bits per heavy atom. The maximum absolute atomic E-state index is 12.5. The molecule has 1 amide bonds. The molecule has 5 nitrogen and oxygen atoms in total. The van der Waals surface area contributed by atoms with Crippen LogP contribution < -0.4 is 0 Å². The number of nitrogens with zero attached hydrogens (tertiary/aromatic N) is 2. The SMILES string of the molecule is CC(C)N(Cc1cc(-c2cccs2)on1)C(=O)c1ccco1. The Kier molecular flexibility index (Phi) is 4.11. The second kappa shape index (κ2) is 6.19. The highest BCUT2D eigenvalue weighted by molar-refractivity contribution is 7.13. The van der Waals surface area contributed by atoms with Crippen molar-refractivity contribution in [2.45, 2.75) is 26.4 Å². The minimum Gasteiger partial charge on any atom is -0.459 e. The molecule has 0 aromatic carbocycles. The summed E-state index contributed by atoms with van der Waals surface area (Å²) in [5, 5.41) is 6.05. The predicted octanol–water partition coefficient (Wildman–Crippen LogP) is 4.05. The molecule has 0 aliphatic carbocycles.